The first-order chi connectivity index (χ1) is 14.6. The summed E-state index contributed by atoms with van der Waals surface area (Å²) >= 11 is 1.15. The number of benzene rings is 2. The predicted molar refractivity (Wildman–Crippen MR) is 112 cm³/mol. The third-order valence-electron chi connectivity index (χ3n) is 4.15. The van der Waals surface area contributed by atoms with Crippen LogP contribution in [-0.2, 0) is 0 Å². The Labute approximate surface area is 175 Å². The Morgan fingerprint density at radius 1 is 1.17 bits per heavy atom. The van der Waals surface area contributed by atoms with Crippen LogP contribution >= 0.6 is 11.3 Å². The molecule has 0 saturated heterocycles. The topological polar surface area (TPSA) is 77.2 Å². The standard InChI is InChI=1S/C21H16FN3O4S/c1-27-16-8-13(9-17(11-16)28-2)20(26)25(23-12-15-4-3-7-29-15)21-24-18-6-5-14(22)10-19(18)30-21/h3-12H,1-2H3/b23-12+. The second-order valence-electron chi connectivity index (χ2n) is 6.09. The van der Waals surface area contributed by atoms with Gasteiger partial charge in [0.25, 0.3) is 5.91 Å². The number of fused-ring (bicyclic) bond motifs is 1. The fourth-order valence-corrected chi connectivity index (χ4v) is 3.65. The number of anilines is 1. The summed E-state index contributed by atoms with van der Waals surface area (Å²) < 4.78 is 30.0. The highest BCUT2D eigenvalue weighted by Crippen LogP contribution is 2.32. The maximum absolute atomic E-state index is 13.6. The van der Waals surface area contributed by atoms with Crippen molar-refractivity contribution >= 4 is 38.8 Å². The lowest BCUT2D eigenvalue weighted by atomic mass is 10.2. The van der Waals surface area contributed by atoms with Gasteiger partial charge in [0.15, 0.2) is 0 Å². The maximum Gasteiger partial charge on any atom is 0.281 e. The van der Waals surface area contributed by atoms with Crippen LogP contribution in [0.15, 0.2) is 64.3 Å². The normalized spacial score (nSPS) is 11.2. The molecule has 4 aromatic rings. The number of carbonyl (C=O) groups excluding carboxylic acids is 1. The second kappa shape index (κ2) is 8.34. The van der Waals surface area contributed by atoms with E-state index in [-0.39, 0.29) is 16.5 Å². The van der Waals surface area contributed by atoms with Gasteiger partial charge in [0.1, 0.15) is 23.1 Å². The molecule has 0 spiro atoms. The lowest BCUT2D eigenvalue weighted by Gasteiger charge is -2.15. The Balaban J connectivity index is 1.79. The maximum atomic E-state index is 13.6. The number of hydrazone groups is 1. The average Bonchev–Trinajstić information content (AvgIpc) is 3.42. The van der Waals surface area contributed by atoms with E-state index in [1.165, 1.54) is 38.8 Å². The first-order valence-electron chi connectivity index (χ1n) is 8.78. The molecule has 0 unspecified atom stereocenters. The number of amides is 1. The molecule has 0 radical (unpaired) electrons. The number of hydrogen-bond donors (Lipinski definition) is 0. The molecule has 0 fully saturated rings. The number of rotatable bonds is 6. The van der Waals surface area contributed by atoms with Crippen molar-refractivity contribution in [3.05, 3.63) is 71.9 Å². The Bertz CT molecular complexity index is 1200. The summed E-state index contributed by atoms with van der Waals surface area (Å²) in [5.41, 5.74) is 0.846. The number of hydrogen-bond acceptors (Lipinski definition) is 7. The van der Waals surface area contributed by atoms with Crippen LogP contribution in [0.3, 0.4) is 0 Å². The number of thiazole rings is 1. The summed E-state index contributed by atoms with van der Waals surface area (Å²) in [6, 6.07) is 12.5. The highest BCUT2D eigenvalue weighted by molar-refractivity contribution is 7.22. The predicted octanol–water partition coefficient (Wildman–Crippen LogP) is 4.73. The van der Waals surface area contributed by atoms with E-state index < -0.39 is 5.91 Å². The Kier molecular flexibility index (Phi) is 5.44. The van der Waals surface area contributed by atoms with E-state index in [4.69, 9.17) is 13.9 Å². The molecule has 2 aromatic carbocycles. The van der Waals surface area contributed by atoms with Crippen LogP contribution in [0.1, 0.15) is 16.1 Å². The van der Waals surface area contributed by atoms with Crippen LogP contribution < -0.4 is 14.5 Å². The molecule has 0 bridgehead atoms. The zero-order valence-corrected chi connectivity index (χ0v) is 16.9. The molecule has 0 atom stereocenters. The van der Waals surface area contributed by atoms with Gasteiger partial charge in [-0.1, -0.05) is 11.3 Å². The van der Waals surface area contributed by atoms with Crippen molar-refractivity contribution in [3.63, 3.8) is 0 Å². The number of aromatic nitrogens is 1. The molecule has 9 heteroatoms. The van der Waals surface area contributed by atoms with E-state index in [1.54, 1.807) is 36.4 Å². The van der Waals surface area contributed by atoms with Gasteiger partial charge in [-0.15, -0.1) is 0 Å². The first kappa shape index (κ1) is 19.6. The highest BCUT2D eigenvalue weighted by atomic mass is 32.1. The highest BCUT2D eigenvalue weighted by Gasteiger charge is 2.22. The minimum Gasteiger partial charge on any atom is -0.497 e. The van der Waals surface area contributed by atoms with Gasteiger partial charge in [0, 0.05) is 11.6 Å². The zero-order chi connectivity index (χ0) is 21.1. The summed E-state index contributed by atoms with van der Waals surface area (Å²) in [6.07, 6.45) is 2.91. The number of methoxy groups -OCH3 is 2. The summed E-state index contributed by atoms with van der Waals surface area (Å²) in [7, 11) is 3.00. The number of halogens is 1. The van der Waals surface area contributed by atoms with Crippen LogP contribution in [0.25, 0.3) is 10.2 Å². The molecule has 0 saturated carbocycles. The van der Waals surface area contributed by atoms with E-state index in [2.05, 4.69) is 10.1 Å². The summed E-state index contributed by atoms with van der Waals surface area (Å²) in [5.74, 6) is 0.531. The van der Waals surface area contributed by atoms with Crippen molar-refractivity contribution < 1.29 is 23.1 Å². The van der Waals surface area contributed by atoms with Crippen molar-refractivity contribution in [1.29, 1.82) is 0 Å². The van der Waals surface area contributed by atoms with Crippen LogP contribution in [0.4, 0.5) is 9.52 Å². The van der Waals surface area contributed by atoms with Crippen LogP contribution in [0, 0.1) is 5.82 Å². The summed E-state index contributed by atoms with van der Waals surface area (Å²) in [6.45, 7) is 0. The zero-order valence-electron chi connectivity index (χ0n) is 16.0. The molecule has 7 nitrogen and oxygen atoms in total. The van der Waals surface area contributed by atoms with Crippen molar-refractivity contribution in [2.75, 3.05) is 19.2 Å². The van der Waals surface area contributed by atoms with E-state index in [1.807, 2.05) is 0 Å². The molecule has 4 rings (SSSR count). The van der Waals surface area contributed by atoms with Crippen molar-refractivity contribution in [1.82, 2.24) is 4.98 Å². The first-order valence-corrected chi connectivity index (χ1v) is 9.60. The van der Waals surface area contributed by atoms with E-state index >= 15 is 0 Å². The molecular weight excluding hydrogens is 409 g/mol. The van der Waals surface area contributed by atoms with Crippen LogP contribution in [0.5, 0.6) is 11.5 Å². The molecule has 0 aliphatic rings. The van der Waals surface area contributed by atoms with E-state index in [0.717, 1.165) is 16.3 Å². The molecule has 0 aliphatic carbocycles. The molecule has 0 N–H and O–H groups in total. The van der Waals surface area contributed by atoms with Gasteiger partial charge >= 0.3 is 0 Å². The number of nitrogens with zero attached hydrogens (tertiary/aromatic N) is 3. The van der Waals surface area contributed by atoms with E-state index in [9.17, 15) is 9.18 Å². The van der Waals surface area contributed by atoms with Gasteiger partial charge in [0.05, 0.1) is 36.9 Å². The fourth-order valence-electron chi connectivity index (χ4n) is 2.70. The summed E-state index contributed by atoms with van der Waals surface area (Å²) in [4.78, 5) is 17.8. The smallest absolute Gasteiger partial charge is 0.281 e. The molecule has 2 heterocycles. The van der Waals surface area contributed by atoms with Crippen molar-refractivity contribution in [3.8, 4) is 11.5 Å². The Hall–Kier alpha value is -3.72. The van der Waals surface area contributed by atoms with Gasteiger partial charge < -0.3 is 13.9 Å². The minimum atomic E-state index is -0.463. The van der Waals surface area contributed by atoms with E-state index in [0.29, 0.717) is 27.5 Å². The Morgan fingerprint density at radius 2 is 1.93 bits per heavy atom. The molecule has 0 aliphatic heterocycles. The average molecular weight is 425 g/mol. The van der Waals surface area contributed by atoms with Crippen LogP contribution in [0.2, 0.25) is 0 Å². The number of carbonyl (C=O) groups is 1. The lowest BCUT2D eigenvalue weighted by molar-refractivity contribution is 0.0987. The largest absolute Gasteiger partial charge is 0.497 e. The lowest BCUT2D eigenvalue weighted by Crippen LogP contribution is -2.25. The fraction of sp³-hybridized carbons (Fsp3) is 0.0952. The third kappa shape index (κ3) is 4.01. The molecule has 2 aromatic heterocycles. The molecule has 30 heavy (non-hydrogen) atoms. The monoisotopic (exact) mass is 425 g/mol. The SMILES string of the molecule is COc1cc(OC)cc(C(=O)N(/N=C/c2ccco2)c2nc3ccc(F)cc3s2)c1. The third-order valence-corrected chi connectivity index (χ3v) is 5.15. The Morgan fingerprint density at radius 3 is 2.60 bits per heavy atom. The van der Waals surface area contributed by atoms with Gasteiger partial charge in [0.2, 0.25) is 5.13 Å². The van der Waals surface area contributed by atoms with Gasteiger partial charge in [-0.2, -0.15) is 10.1 Å². The number of ether oxygens (including phenoxy) is 2. The van der Waals surface area contributed by atoms with Crippen molar-refractivity contribution in [2.45, 2.75) is 0 Å². The second-order valence-corrected chi connectivity index (χ2v) is 7.10. The van der Waals surface area contributed by atoms with Crippen LogP contribution in [-0.4, -0.2) is 31.3 Å². The van der Waals surface area contributed by atoms with Gasteiger partial charge in [-0.25, -0.2) is 9.37 Å². The summed E-state index contributed by atoms with van der Waals surface area (Å²) in [5, 5.41) is 5.70. The molecule has 1 amide bonds. The molecular formula is C21H16FN3O4S. The minimum absolute atomic E-state index is 0.283. The van der Waals surface area contributed by atoms with Crippen molar-refractivity contribution in [2.24, 2.45) is 5.10 Å². The van der Waals surface area contributed by atoms with Gasteiger partial charge in [-0.3, -0.25) is 4.79 Å². The number of furan rings is 1. The quantitative estimate of drug-likeness (QED) is 0.330. The molecule has 152 valence electrons. The van der Waals surface area contributed by atoms with Gasteiger partial charge in [-0.05, 0) is 42.5 Å².